The fourth-order valence-electron chi connectivity index (χ4n) is 1.55. The van der Waals surface area contributed by atoms with Crippen molar-refractivity contribution in [1.82, 2.24) is 4.72 Å². The molecule has 0 aliphatic carbocycles. The van der Waals surface area contributed by atoms with Crippen LogP contribution in [0.4, 0.5) is 0 Å². The van der Waals surface area contributed by atoms with E-state index in [1.54, 1.807) is 6.92 Å². The van der Waals surface area contributed by atoms with Gasteiger partial charge in [0.1, 0.15) is 18.4 Å². The Hall–Kier alpha value is -1.73. The average molecular weight is 387 g/mol. The maximum atomic E-state index is 12.3. The maximum absolute atomic E-state index is 12.3. The van der Waals surface area contributed by atoms with Crippen molar-refractivity contribution in [2.45, 2.75) is 31.2 Å². The van der Waals surface area contributed by atoms with Crippen LogP contribution < -0.4 is 9.46 Å². The van der Waals surface area contributed by atoms with E-state index in [4.69, 9.17) is 14.0 Å². The van der Waals surface area contributed by atoms with Crippen LogP contribution in [-0.2, 0) is 19.0 Å². The van der Waals surface area contributed by atoms with Crippen molar-refractivity contribution in [2.75, 3.05) is 19.0 Å². The van der Waals surface area contributed by atoms with Crippen LogP contribution in [0.2, 0.25) is 0 Å². The van der Waals surface area contributed by atoms with Gasteiger partial charge in [-0.3, -0.25) is 0 Å². The molecule has 7 nitrogen and oxygen atoms in total. The molecule has 0 saturated carbocycles. The van der Waals surface area contributed by atoms with Crippen molar-refractivity contribution in [3.8, 4) is 17.6 Å². The van der Waals surface area contributed by atoms with E-state index in [0.29, 0.717) is 17.9 Å². The predicted molar refractivity (Wildman–Crippen MR) is 95.4 cm³/mol. The second-order valence-electron chi connectivity index (χ2n) is 4.83. The smallest absolute Gasteiger partial charge is 0.335 e. The van der Waals surface area contributed by atoms with Gasteiger partial charge in [0.2, 0.25) is 10.0 Å². The summed E-state index contributed by atoms with van der Waals surface area (Å²) in [7, 11) is -3.87. The Kier molecular flexibility index (Phi) is 9.37. The van der Waals surface area contributed by atoms with Gasteiger partial charge in [-0.1, -0.05) is 5.92 Å². The van der Waals surface area contributed by atoms with E-state index in [1.807, 2.05) is 0 Å². The first-order valence-electron chi connectivity index (χ1n) is 7.49. The first-order valence-corrected chi connectivity index (χ1v) is 9.89. The molecule has 0 spiro atoms. The molecule has 1 aromatic carbocycles. The van der Waals surface area contributed by atoms with Crippen LogP contribution in [0.25, 0.3) is 0 Å². The van der Waals surface area contributed by atoms with Gasteiger partial charge in [-0.05, 0) is 44.5 Å². The number of carbonyl (C=O) groups excluding carboxylic acids is 1. The largest absolute Gasteiger partial charge is 0.481 e. The average Bonchev–Trinajstić information content (AvgIpc) is 2.59. The van der Waals surface area contributed by atoms with Gasteiger partial charge >= 0.3 is 5.97 Å². The van der Waals surface area contributed by atoms with Gasteiger partial charge in [-0.15, -0.1) is 5.92 Å². The molecule has 0 amide bonds. The second kappa shape index (κ2) is 11.0. The molecule has 1 aromatic rings. The van der Waals surface area contributed by atoms with Gasteiger partial charge in [0.15, 0.2) is 0 Å². The predicted octanol–water partition coefficient (Wildman–Crippen LogP) is 1.33. The lowest BCUT2D eigenvalue weighted by Crippen LogP contribution is -2.38. The molecular weight excluding hydrogens is 366 g/mol. The van der Waals surface area contributed by atoms with Gasteiger partial charge in [0, 0.05) is 12.4 Å². The zero-order valence-electron chi connectivity index (χ0n) is 14.0. The number of ether oxygens (including phenoxy) is 1. The van der Waals surface area contributed by atoms with Crippen LogP contribution in [0, 0.1) is 11.8 Å². The summed E-state index contributed by atoms with van der Waals surface area (Å²) in [6.07, 6.45) is 0.482. The minimum absolute atomic E-state index is 0.00252. The van der Waals surface area contributed by atoms with Crippen LogP contribution in [0.15, 0.2) is 29.2 Å². The number of aliphatic hydroxyl groups excluding tert-OH is 1. The molecule has 1 rings (SSSR count). The van der Waals surface area contributed by atoms with E-state index in [0.717, 1.165) is 12.0 Å². The van der Waals surface area contributed by atoms with Gasteiger partial charge in [-0.2, -0.15) is 4.72 Å². The zero-order valence-corrected chi connectivity index (χ0v) is 15.7. The third-order valence-electron chi connectivity index (χ3n) is 2.83. The van der Waals surface area contributed by atoms with Gasteiger partial charge < -0.3 is 14.0 Å². The summed E-state index contributed by atoms with van der Waals surface area (Å²) in [6, 6.07) is 4.75. The molecular formula is C16H21NO6S2. The molecule has 0 heterocycles. The highest BCUT2D eigenvalue weighted by molar-refractivity contribution is 7.95. The molecule has 9 heteroatoms. The molecule has 0 bridgehead atoms. The third kappa shape index (κ3) is 7.79. The quantitative estimate of drug-likeness (QED) is 0.355. The molecule has 0 fully saturated rings. The van der Waals surface area contributed by atoms with Crippen LogP contribution >= 0.6 is 12.0 Å². The van der Waals surface area contributed by atoms with Crippen molar-refractivity contribution in [3.05, 3.63) is 24.3 Å². The summed E-state index contributed by atoms with van der Waals surface area (Å²) in [5, 5.41) is 8.64. The molecule has 138 valence electrons. The molecule has 0 aliphatic heterocycles. The summed E-state index contributed by atoms with van der Waals surface area (Å²) in [4.78, 5) is 11.8. The highest BCUT2D eigenvalue weighted by atomic mass is 32.2. The van der Waals surface area contributed by atoms with Gasteiger partial charge in [-0.25, -0.2) is 13.2 Å². The number of hydrogen-bond acceptors (Lipinski definition) is 7. The molecule has 2 N–H and O–H groups in total. The number of hydrogen-bond donors (Lipinski definition) is 2. The van der Waals surface area contributed by atoms with Gasteiger partial charge in [0.25, 0.3) is 0 Å². The summed E-state index contributed by atoms with van der Waals surface area (Å²) < 4.78 is 37.0. The van der Waals surface area contributed by atoms with Crippen molar-refractivity contribution in [2.24, 2.45) is 0 Å². The first kappa shape index (κ1) is 21.3. The van der Waals surface area contributed by atoms with Crippen molar-refractivity contribution in [1.29, 1.82) is 0 Å². The number of carbonyl (C=O) groups is 1. The summed E-state index contributed by atoms with van der Waals surface area (Å²) in [5.74, 6) is 5.65. The zero-order chi connectivity index (χ0) is 18.7. The molecule has 0 aliphatic rings. The topological polar surface area (TPSA) is 102 Å². The SMILES string of the molecule is CC#CCOc1ccc(S(=O)(=O)N[C@@H](C)C(=O)OSCCCO)cc1. The van der Waals surface area contributed by atoms with Crippen molar-refractivity contribution in [3.63, 3.8) is 0 Å². The molecule has 0 unspecified atom stereocenters. The Morgan fingerprint density at radius 2 is 2.04 bits per heavy atom. The number of aliphatic hydroxyl groups is 1. The minimum Gasteiger partial charge on any atom is -0.481 e. The second-order valence-corrected chi connectivity index (χ2v) is 7.36. The molecule has 0 radical (unpaired) electrons. The summed E-state index contributed by atoms with van der Waals surface area (Å²) in [5.41, 5.74) is 0. The highest BCUT2D eigenvalue weighted by Crippen LogP contribution is 2.16. The maximum Gasteiger partial charge on any atom is 0.335 e. The van der Waals surface area contributed by atoms with Crippen LogP contribution in [0.5, 0.6) is 5.75 Å². The third-order valence-corrected chi connectivity index (χ3v) is 5.13. The minimum atomic E-state index is -3.87. The van der Waals surface area contributed by atoms with Crippen LogP contribution in [0.3, 0.4) is 0 Å². The number of sulfonamides is 1. The van der Waals surface area contributed by atoms with E-state index in [1.165, 1.54) is 31.2 Å². The molecule has 1 atom stereocenters. The Balaban J connectivity index is 2.61. The Labute approximate surface area is 152 Å². The Bertz CT molecular complexity index is 706. The van der Waals surface area contributed by atoms with Crippen LogP contribution in [-0.4, -0.2) is 44.5 Å². The first-order chi connectivity index (χ1) is 11.9. The molecule has 0 aromatic heterocycles. The summed E-state index contributed by atoms with van der Waals surface area (Å²) in [6.45, 7) is 3.31. The lowest BCUT2D eigenvalue weighted by atomic mass is 10.3. The normalized spacial score (nSPS) is 12.0. The molecule has 0 saturated heterocycles. The number of benzene rings is 1. The van der Waals surface area contributed by atoms with E-state index in [9.17, 15) is 13.2 Å². The van der Waals surface area contributed by atoms with E-state index in [2.05, 4.69) is 16.6 Å². The lowest BCUT2D eigenvalue weighted by molar-refractivity contribution is -0.134. The fraction of sp³-hybridized carbons (Fsp3) is 0.438. The Morgan fingerprint density at radius 1 is 1.36 bits per heavy atom. The van der Waals surface area contributed by atoms with E-state index < -0.39 is 22.0 Å². The highest BCUT2D eigenvalue weighted by Gasteiger charge is 2.23. The van der Waals surface area contributed by atoms with E-state index in [-0.39, 0.29) is 18.1 Å². The summed E-state index contributed by atoms with van der Waals surface area (Å²) >= 11 is 0.875. The van der Waals surface area contributed by atoms with Gasteiger partial charge in [0.05, 0.1) is 16.9 Å². The van der Waals surface area contributed by atoms with Crippen molar-refractivity contribution < 1.29 is 27.2 Å². The number of nitrogens with one attached hydrogen (secondary N) is 1. The van der Waals surface area contributed by atoms with E-state index >= 15 is 0 Å². The fourth-order valence-corrected chi connectivity index (χ4v) is 3.33. The molecule has 25 heavy (non-hydrogen) atoms. The van der Waals surface area contributed by atoms with Crippen molar-refractivity contribution >= 4 is 28.0 Å². The standard InChI is InChI=1S/C16H21NO6S2/c1-3-4-11-22-14-6-8-15(9-7-14)25(20,21)17-13(2)16(19)23-24-12-5-10-18/h6-9,13,17-18H,5,10-12H2,1-2H3/t13-/m0/s1. The Morgan fingerprint density at radius 3 is 2.64 bits per heavy atom. The number of rotatable bonds is 10. The van der Waals surface area contributed by atoms with Crippen LogP contribution in [0.1, 0.15) is 20.3 Å². The monoisotopic (exact) mass is 387 g/mol. The lowest BCUT2D eigenvalue weighted by Gasteiger charge is -2.13.